The molecule has 2 aromatic carbocycles. The topological polar surface area (TPSA) is 95.3 Å². The second-order valence-corrected chi connectivity index (χ2v) is 5.34. The number of nitrogens with zero attached hydrogens (tertiary/aromatic N) is 2. The fourth-order valence-electron chi connectivity index (χ4n) is 2.71. The van der Waals surface area contributed by atoms with Crippen LogP contribution in [0, 0.1) is 10.1 Å². The van der Waals surface area contributed by atoms with Crippen LogP contribution in [0.3, 0.4) is 0 Å². The average molecular weight is 338 g/mol. The van der Waals surface area contributed by atoms with Gasteiger partial charge in [-0.05, 0) is 12.5 Å². The monoisotopic (exact) mass is 338 g/mol. The van der Waals surface area contributed by atoms with Crippen LogP contribution in [0.4, 0.5) is 5.69 Å². The molecule has 0 atom stereocenters. The number of hydrogen-bond donors (Lipinski definition) is 0. The molecule has 0 saturated carbocycles. The number of aldehydes is 1. The molecule has 1 aromatic heterocycles. The molecule has 0 bridgehead atoms. The van der Waals surface area contributed by atoms with E-state index in [9.17, 15) is 19.7 Å². The van der Waals surface area contributed by atoms with Gasteiger partial charge in [-0.25, -0.2) is 4.79 Å². The number of non-ortho nitro benzene ring substituents is 1. The molecule has 0 fully saturated rings. The predicted octanol–water partition coefficient (Wildman–Crippen LogP) is 3.38. The second kappa shape index (κ2) is 6.56. The van der Waals surface area contributed by atoms with E-state index in [1.165, 1.54) is 16.9 Å². The molecule has 0 amide bonds. The lowest BCUT2D eigenvalue weighted by Gasteiger charge is -2.10. The number of hydrogen-bond acceptors (Lipinski definition) is 5. The Labute approximate surface area is 142 Å². The van der Waals surface area contributed by atoms with Crippen LogP contribution in [0.5, 0.6) is 0 Å². The van der Waals surface area contributed by atoms with Gasteiger partial charge >= 0.3 is 5.63 Å². The Hall–Kier alpha value is -3.48. The van der Waals surface area contributed by atoms with Gasteiger partial charge in [0.25, 0.3) is 5.69 Å². The maximum Gasteiger partial charge on any atom is 0.361 e. The predicted molar refractivity (Wildman–Crippen MR) is 91.2 cm³/mol. The quantitative estimate of drug-likeness (QED) is 0.404. The zero-order valence-electron chi connectivity index (χ0n) is 13.3. The second-order valence-electron chi connectivity index (χ2n) is 5.34. The summed E-state index contributed by atoms with van der Waals surface area (Å²) in [5.74, 6) is 0. The summed E-state index contributed by atoms with van der Waals surface area (Å²) in [6, 6.07) is 13.0. The van der Waals surface area contributed by atoms with Gasteiger partial charge in [-0.2, -0.15) is 4.74 Å². The molecule has 0 aliphatic heterocycles. The van der Waals surface area contributed by atoms with E-state index in [4.69, 9.17) is 4.52 Å². The summed E-state index contributed by atoms with van der Waals surface area (Å²) in [5.41, 5.74) is 1.38. The molecule has 0 unspecified atom stereocenters. The molecule has 126 valence electrons. The number of carbonyl (C=O) groups excluding carboxylic acids is 1. The van der Waals surface area contributed by atoms with Gasteiger partial charge in [-0.15, -0.1) is 0 Å². The van der Waals surface area contributed by atoms with E-state index in [0.717, 1.165) is 11.6 Å². The molecule has 0 spiro atoms. The van der Waals surface area contributed by atoms with Gasteiger partial charge in [-0.3, -0.25) is 14.9 Å². The summed E-state index contributed by atoms with van der Waals surface area (Å²) < 4.78 is 6.62. The Balaban J connectivity index is 2.31. The highest BCUT2D eigenvalue weighted by Gasteiger charge is 2.21. The smallest absolute Gasteiger partial charge is 0.331 e. The lowest BCUT2D eigenvalue weighted by molar-refractivity contribution is -0.384. The Morgan fingerprint density at radius 3 is 2.52 bits per heavy atom. The van der Waals surface area contributed by atoms with E-state index in [-0.39, 0.29) is 16.9 Å². The van der Waals surface area contributed by atoms with Crippen molar-refractivity contribution in [1.29, 1.82) is 0 Å². The first-order valence-corrected chi connectivity index (χ1v) is 7.61. The van der Waals surface area contributed by atoms with Crippen molar-refractivity contribution in [1.82, 2.24) is 4.74 Å². The molecule has 0 saturated heterocycles. The molecule has 25 heavy (non-hydrogen) atoms. The van der Waals surface area contributed by atoms with Crippen LogP contribution >= 0.6 is 0 Å². The summed E-state index contributed by atoms with van der Waals surface area (Å²) in [7, 11) is 0. The van der Waals surface area contributed by atoms with E-state index in [0.29, 0.717) is 24.0 Å². The first-order chi connectivity index (χ1) is 12.1. The molecule has 0 N–H and O–H groups in total. The molecule has 1 heterocycles. The van der Waals surface area contributed by atoms with Crippen molar-refractivity contribution in [2.24, 2.45) is 0 Å². The van der Waals surface area contributed by atoms with Crippen molar-refractivity contribution in [2.75, 3.05) is 0 Å². The molecule has 3 aromatic rings. The van der Waals surface area contributed by atoms with E-state index < -0.39 is 10.5 Å². The Morgan fingerprint density at radius 1 is 1.20 bits per heavy atom. The third-order valence-electron chi connectivity index (χ3n) is 3.88. The highest BCUT2D eigenvalue weighted by molar-refractivity contribution is 5.83. The fraction of sp³-hybridized carbons (Fsp3) is 0.111. The third-order valence-corrected chi connectivity index (χ3v) is 3.88. The van der Waals surface area contributed by atoms with Crippen molar-refractivity contribution >= 4 is 12.0 Å². The summed E-state index contributed by atoms with van der Waals surface area (Å²) >= 11 is 0. The number of nitro groups is 1. The van der Waals surface area contributed by atoms with Gasteiger partial charge in [0.15, 0.2) is 6.29 Å². The standard InChI is InChI=1S/C18H14N2O5/c1-2-15-17(12-6-4-3-5-7-12)19(25-18(15)22)16-9-8-14(20(23)24)10-13(16)11-21/h3-11H,2H2,1H3. The van der Waals surface area contributed by atoms with Crippen LogP contribution in [-0.2, 0) is 6.42 Å². The van der Waals surface area contributed by atoms with Crippen LogP contribution in [-0.4, -0.2) is 15.9 Å². The van der Waals surface area contributed by atoms with E-state index in [2.05, 4.69) is 0 Å². The minimum Gasteiger partial charge on any atom is -0.331 e. The van der Waals surface area contributed by atoms with E-state index in [1.807, 2.05) is 37.3 Å². The van der Waals surface area contributed by atoms with Crippen LogP contribution in [0.1, 0.15) is 22.8 Å². The van der Waals surface area contributed by atoms with Gasteiger partial charge in [0.2, 0.25) is 0 Å². The lowest BCUT2D eigenvalue weighted by atomic mass is 10.1. The summed E-state index contributed by atoms with van der Waals surface area (Å²) in [5, 5.41) is 10.9. The molecular formula is C18H14N2O5. The summed E-state index contributed by atoms with van der Waals surface area (Å²) in [6.07, 6.45) is 0.950. The van der Waals surface area contributed by atoms with Crippen molar-refractivity contribution in [3.63, 3.8) is 0 Å². The summed E-state index contributed by atoms with van der Waals surface area (Å²) in [6.45, 7) is 1.83. The first-order valence-electron chi connectivity index (χ1n) is 7.61. The number of aromatic nitrogens is 1. The lowest BCUT2D eigenvalue weighted by Crippen LogP contribution is -2.02. The Morgan fingerprint density at radius 2 is 1.92 bits per heavy atom. The number of benzene rings is 2. The van der Waals surface area contributed by atoms with Crippen LogP contribution in [0.2, 0.25) is 0 Å². The highest BCUT2D eigenvalue weighted by Crippen LogP contribution is 2.28. The van der Waals surface area contributed by atoms with Crippen LogP contribution in [0.15, 0.2) is 57.8 Å². The Bertz CT molecular complexity index is 1000. The average Bonchev–Trinajstić information content (AvgIpc) is 2.97. The molecule has 7 nitrogen and oxygen atoms in total. The van der Waals surface area contributed by atoms with Crippen LogP contribution in [0.25, 0.3) is 16.9 Å². The molecule has 7 heteroatoms. The first kappa shape index (κ1) is 16.4. The van der Waals surface area contributed by atoms with Gasteiger partial charge in [-0.1, -0.05) is 37.3 Å². The molecule has 0 radical (unpaired) electrons. The normalized spacial score (nSPS) is 10.6. The van der Waals surface area contributed by atoms with Gasteiger partial charge in [0.05, 0.1) is 21.9 Å². The van der Waals surface area contributed by atoms with Crippen molar-refractivity contribution in [3.8, 4) is 16.9 Å². The van der Waals surface area contributed by atoms with Crippen LogP contribution < -0.4 is 5.63 Å². The minimum atomic E-state index is -0.585. The van der Waals surface area contributed by atoms with E-state index in [1.54, 1.807) is 0 Å². The maximum atomic E-state index is 12.2. The summed E-state index contributed by atoms with van der Waals surface area (Å²) in [4.78, 5) is 34.0. The minimum absolute atomic E-state index is 0.0628. The van der Waals surface area contributed by atoms with Gasteiger partial charge < -0.3 is 4.52 Å². The van der Waals surface area contributed by atoms with Crippen molar-refractivity contribution in [3.05, 3.63) is 80.2 Å². The highest BCUT2D eigenvalue weighted by atomic mass is 16.6. The SMILES string of the molecule is CCc1c(-c2ccccc2)n(-c2ccc([N+](=O)[O-])cc2C=O)oc1=O. The molecule has 0 aliphatic rings. The van der Waals surface area contributed by atoms with Gasteiger partial charge in [0, 0.05) is 23.3 Å². The number of nitro benzene ring substituents is 1. The van der Waals surface area contributed by atoms with Crippen molar-refractivity contribution < 1.29 is 14.2 Å². The molecule has 0 aliphatic carbocycles. The maximum absolute atomic E-state index is 12.2. The molecule has 3 rings (SSSR count). The Kier molecular flexibility index (Phi) is 4.30. The number of rotatable bonds is 5. The zero-order chi connectivity index (χ0) is 18.0. The number of carbonyl (C=O) groups is 1. The van der Waals surface area contributed by atoms with E-state index >= 15 is 0 Å². The van der Waals surface area contributed by atoms with Crippen molar-refractivity contribution in [2.45, 2.75) is 13.3 Å². The largest absolute Gasteiger partial charge is 0.361 e. The van der Waals surface area contributed by atoms with Gasteiger partial charge in [0.1, 0.15) is 0 Å². The molecular weight excluding hydrogens is 324 g/mol. The third kappa shape index (κ3) is 2.87. The zero-order valence-corrected chi connectivity index (χ0v) is 13.3. The fourth-order valence-corrected chi connectivity index (χ4v) is 2.71.